The summed E-state index contributed by atoms with van der Waals surface area (Å²) in [6.07, 6.45) is 1.51. The van der Waals surface area contributed by atoms with E-state index in [2.05, 4.69) is 0 Å². The highest BCUT2D eigenvalue weighted by atomic mass is 32.2. The van der Waals surface area contributed by atoms with Gasteiger partial charge in [0.15, 0.2) is 11.5 Å². The van der Waals surface area contributed by atoms with E-state index in [-0.39, 0.29) is 34.4 Å². The number of ether oxygens (including phenoxy) is 2. The van der Waals surface area contributed by atoms with E-state index in [0.29, 0.717) is 17.1 Å². The van der Waals surface area contributed by atoms with Gasteiger partial charge in [0.1, 0.15) is 17.3 Å². The Morgan fingerprint density at radius 1 is 0.974 bits per heavy atom. The third-order valence-electron chi connectivity index (χ3n) is 5.24. The van der Waals surface area contributed by atoms with Crippen molar-refractivity contribution in [2.75, 3.05) is 20.3 Å². The van der Waals surface area contributed by atoms with Gasteiger partial charge in [-0.15, -0.1) is 0 Å². The summed E-state index contributed by atoms with van der Waals surface area (Å²) < 4.78 is 40.9. The number of carbonyl (C=O) groups is 2. The second-order valence-electron chi connectivity index (χ2n) is 7.69. The molecule has 0 N–H and O–H groups in total. The predicted molar refractivity (Wildman–Crippen MR) is 139 cm³/mol. The predicted octanol–water partition coefficient (Wildman–Crippen LogP) is 4.49. The minimum Gasteiger partial charge on any atom is -0.493 e. The van der Waals surface area contributed by atoms with Crippen molar-refractivity contribution in [2.24, 2.45) is 0 Å². The summed E-state index contributed by atoms with van der Waals surface area (Å²) in [6.45, 7) is 0.133. The molecule has 1 aliphatic heterocycles. The summed E-state index contributed by atoms with van der Waals surface area (Å²) in [7, 11) is -2.70. The molecule has 0 aromatic heterocycles. The second kappa shape index (κ2) is 11.4. The lowest BCUT2D eigenvalue weighted by Gasteiger charge is -2.14. The summed E-state index contributed by atoms with van der Waals surface area (Å²) in [5.74, 6) is 0.566. The molecule has 11 nitrogen and oxygen atoms in total. The number of nitro benzene ring substituents is 1. The highest BCUT2D eigenvalue weighted by Gasteiger charge is 2.34. The second-order valence-corrected chi connectivity index (χ2v) is 10.2. The number of hydrogen-bond donors (Lipinski definition) is 0. The molecular formula is C25H20N2O9S2. The number of hydrogen-bond acceptors (Lipinski definition) is 10. The van der Waals surface area contributed by atoms with E-state index < -0.39 is 26.2 Å². The molecule has 0 atom stereocenters. The Kier molecular flexibility index (Phi) is 7.98. The van der Waals surface area contributed by atoms with Crippen molar-refractivity contribution in [1.82, 2.24) is 4.90 Å². The SMILES string of the molecule is COc1ccccc1OCCN1C(=O)S/C(=C\c2ccc(OS(=O)(=O)c3ccc([N+](=O)[O-])cc3)cc2)C1=O. The molecular weight excluding hydrogens is 536 g/mol. The van der Waals surface area contributed by atoms with Crippen LogP contribution in [0.4, 0.5) is 10.5 Å². The molecule has 0 radical (unpaired) electrons. The van der Waals surface area contributed by atoms with Gasteiger partial charge in [-0.1, -0.05) is 24.3 Å². The topological polar surface area (TPSA) is 142 Å². The van der Waals surface area contributed by atoms with Crippen molar-refractivity contribution in [1.29, 1.82) is 0 Å². The maximum Gasteiger partial charge on any atom is 0.339 e. The molecule has 13 heteroatoms. The Morgan fingerprint density at radius 2 is 1.63 bits per heavy atom. The van der Waals surface area contributed by atoms with E-state index in [9.17, 15) is 28.1 Å². The maximum absolute atomic E-state index is 12.8. The number of imide groups is 1. The van der Waals surface area contributed by atoms with Crippen LogP contribution in [-0.2, 0) is 14.9 Å². The van der Waals surface area contributed by atoms with Crippen LogP contribution in [0.5, 0.6) is 17.2 Å². The lowest BCUT2D eigenvalue weighted by molar-refractivity contribution is -0.384. The number of nitrogens with zero attached hydrogens (tertiary/aromatic N) is 2. The van der Waals surface area contributed by atoms with Crippen molar-refractivity contribution in [3.8, 4) is 17.2 Å². The molecule has 0 saturated carbocycles. The number of rotatable bonds is 10. The van der Waals surface area contributed by atoms with Gasteiger partial charge in [-0.25, -0.2) is 0 Å². The molecule has 1 saturated heterocycles. The fourth-order valence-corrected chi connectivity index (χ4v) is 5.15. The van der Waals surface area contributed by atoms with Crippen molar-refractivity contribution in [3.05, 3.63) is 93.4 Å². The number of para-hydroxylation sites is 2. The fourth-order valence-electron chi connectivity index (χ4n) is 3.36. The van der Waals surface area contributed by atoms with E-state index in [0.717, 1.165) is 40.9 Å². The standard InChI is InChI=1S/C25H20N2O9S2/c1-34-21-4-2-3-5-22(21)35-15-14-26-24(28)23(37-25(26)29)16-17-6-10-19(11-7-17)36-38(32,33)20-12-8-18(9-13-20)27(30)31/h2-13,16H,14-15H2,1H3/b23-16-. The van der Waals surface area contributed by atoms with Gasteiger partial charge in [-0.2, -0.15) is 8.42 Å². The first-order valence-corrected chi connectivity index (χ1v) is 13.2. The maximum atomic E-state index is 12.8. The Morgan fingerprint density at radius 3 is 2.26 bits per heavy atom. The van der Waals surface area contributed by atoms with Crippen LogP contribution in [-0.4, -0.2) is 49.6 Å². The van der Waals surface area contributed by atoms with Gasteiger partial charge in [-0.05, 0) is 59.8 Å². The van der Waals surface area contributed by atoms with Gasteiger partial charge in [0.25, 0.3) is 16.8 Å². The van der Waals surface area contributed by atoms with Gasteiger partial charge in [0, 0.05) is 12.1 Å². The fraction of sp³-hybridized carbons (Fsp3) is 0.120. The van der Waals surface area contributed by atoms with Crippen LogP contribution in [0.3, 0.4) is 0 Å². The normalized spacial score (nSPS) is 14.6. The van der Waals surface area contributed by atoms with E-state index in [1.54, 1.807) is 24.3 Å². The molecule has 2 amide bonds. The van der Waals surface area contributed by atoms with Crippen LogP contribution in [0.1, 0.15) is 5.56 Å². The molecule has 3 aromatic carbocycles. The molecule has 38 heavy (non-hydrogen) atoms. The van der Waals surface area contributed by atoms with Crippen LogP contribution < -0.4 is 13.7 Å². The number of amides is 2. The molecule has 0 unspecified atom stereocenters. The molecule has 0 spiro atoms. The first-order valence-electron chi connectivity index (χ1n) is 11.0. The Hall–Kier alpha value is -4.36. The van der Waals surface area contributed by atoms with E-state index >= 15 is 0 Å². The first-order chi connectivity index (χ1) is 18.2. The molecule has 1 aliphatic rings. The average Bonchev–Trinajstić information content (AvgIpc) is 3.17. The summed E-state index contributed by atoms with van der Waals surface area (Å²) in [6, 6.07) is 17.2. The van der Waals surface area contributed by atoms with Gasteiger partial charge in [-0.3, -0.25) is 24.6 Å². The Bertz CT molecular complexity index is 1500. The molecule has 0 aliphatic carbocycles. The molecule has 0 bridgehead atoms. The van der Waals surface area contributed by atoms with Gasteiger partial charge < -0.3 is 13.7 Å². The zero-order chi connectivity index (χ0) is 27.3. The highest BCUT2D eigenvalue weighted by molar-refractivity contribution is 8.18. The Labute approximate surface area is 221 Å². The van der Waals surface area contributed by atoms with Crippen LogP contribution in [0.2, 0.25) is 0 Å². The van der Waals surface area contributed by atoms with E-state index in [1.165, 1.54) is 37.5 Å². The molecule has 3 aromatic rings. The summed E-state index contributed by atoms with van der Waals surface area (Å²) in [5, 5.41) is 10.3. The molecule has 196 valence electrons. The lowest BCUT2D eigenvalue weighted by Crippen LogP contribution is -2.32. The van der Waals surface area contributed by atoms with Gasteiger partial charge in [0.05, 0.1) is 23.5 Å². The summed E-state index contributed by atoms with van der Waals surface area (Å²) in [4.78, 5) is 36.3. The largest absolute Gasteiger partial charge is 0.493 e. The van der Waals surface area contributed by atoms with E-state index in [1.807, 2.05) is 0 Å². The van der Waals surface area contributed by atoms with Crippen LogP contribution in [0, 0.1) is 10.1 Å². The number of methoxy groups -OCH3 is 1. The third-order valence-corrected chi connectivity index (χ3v) is 7.40. The van der Waals surface area contributed by atoms with Crippen LogP contribution >= 0.6 is 11.8 Å². The smallest absolute Gasteiger partial charge is 0.339 e. The third kappa shape index (κ3) is 6.12. The van der Waals surface area contributed by atoms with Crippen molar-refractivity contribution in [2.45, 2.75) is 4.90 Å². The monoisotopic (exact) mass is 556 g/mol. The lowest BCUT2D eigenvalue weighted by atomic mass is 10.2. The number of nitro groups is 1. The zero-order valence-electron chi connectivity index (χ0n) is 19.8. The number of benzene rings is 3. The zero-order valence-corrected chi connectivity index (χ0v) is 21.4. The number of thioether (sulfide) groups is 1. The first kappa shape index (κ1) is 26.7. The molecule has 4 rings (SSSR count). The van der Waals surface area contributed by atoms with Crippen LogP contribution in [0.15, 0.2) is 82.6 Å². The summed E-state index contributed by atoms with van der Waals surface area (Å²) >= 11 is 0.788. The van der Waals surface area contributed by atoms with Crippen LogP contribution in [0.25, 0.3) is 6.08 Å². The van der Waals surface area contributed by atoms with Crippen molar-refractivity contribution >= 4 is 44.8 Å². The van der Waals surface area contributed by atoms with E-state index in [4.69, 9.17) is 13.7 Å². The highest BCUT2D eigenvalue weighted by Crippen LogP contribution is 2.33. The number of carbonyl (C=O) groups excluding carboxylic acids is 2. The minimum atomic E-state index is -4.22. The van der Waals surface area contributed by atoms with Gasteiger partial charge in [0.2, 0.25) is 0 Å². The molecule has 1 fully saturated rings. The molecule has 1 heterocycles. The average molecular weight is 557 g/mol. The van der Waals surface area contributed by atoms with Crippen molar-refractivity contribution < 1.29 is 36.6 Å². The minimum absolute atomic E-state index is 0.00194. The number of non-ortho nitro benzene ring substituents is 1. The van der Waals surface area contributed by atoms with Gasteiger partial charge >= 0.3 is 10.1 Å². The summed E-state index contributed by atoms with van der Waals surface area (Å²) in [5.41, 5.74) is 0.294. The Balaban J connectivity index is 1.38. The quantitative estimate of drug-likeness (QED) is 0.152. The van der Waals surface area contributed by atoms with Crippen molar-refractivity contribution in [3.63, 3.8) is 0 Å².